The monoisotopic (exact) mass is 427 g/mol. The van der Waals surface area contributed by atoms with Gasteiger partial charge in [0.15, 0.2) is 0 Å². The molecule has 0 saturated carbocycles. The van der Waals surface area contributed by atoms with E-state index in [1.165, 1.54) is 22.3 Å². The molecule has 0 radical (unpaired) electrons. The summed E-state index contributed by atoms with van der Waals surface area (Å²) < 4.78 is 32.5. The minimum atomic E-state index is -3.47. The smallest absolute Gasteiger partial charge is 0.244 e. The predicted octanol–water partition coefficient (Wildman–Crippen LogP) is 2.84. The van der Waals surface area contributed by atoms with Gasteiger partial charge in [0.05, 0.1) is 16.7 Å². The molecule has 0 atom stereocenters. The Bertz CT molecular complexity index is 854. The number of hydrogen-bond acceptors (Lipinski definition) is 6. The molecule has 2 aromatic rings. The molecule has 9 heteroatoms. The first kappa shape index (κ1) is 20.4. The normalized spacial score (nSPS) is 16.4. The summed E-state index contributed by atoms with van der Waals surface area (Å²) in [5.74, 6) is 1.34. The van der Waals surface area contributed by atoms with Crippen molar-refractivity contribution in [3.8, 4) is 5.75 Å². The SMILES string of the molecule is CN1CCN(S(=O)(=O)c2ccc(SCCOc3ccccc3Cl)nc2)CC1. The first-order chi connectivity index (χ1) is 13.0. The maximum absolute atomic E-state index is 12.7. The first-order valence-electron chi connectivity index (χ1n) is 8.62. The summed E-state index contributed by atoms with van der Waals surface area (Å²) in [4.78, 5) is 6.64. The lowest BCUT2D eigenvalue weighted by molar-refractivity contribution is 0.222. The third kappa shape index (κ3) is 5.36. The molecule has 6 nitrogen and oxygen atoms in total. The number of likely N-dealkylation sites (N-methyl/N-ethyl adjacent to an activating group) is 1. The van der Waals surface area contributed by atoms with Crippen molar-refractivity contribution in [2.45, 2.75) is 9.92 Å². The van der Waals surface area contributed by atoms with Crippen molar-refractivity contribution in [2.24, 2.45) is 0 Å². The molecule has 1 aliphatic rings. The van der Waals surface area contributed by atoms with E-state index in [0.29, 0.717) is 36.2 Å². The lowest BCUT2D eigenvalue weighted by atomic mass is 10.3. The summed E-state index contributed by atoms with van der Waals surface area (Å²) >= 11 is 7.55. The second-order valence-electron chi connectivity index (χ2n) is 6.17. The fourth-order valence-electron chi connectivity index (χ4n) is 2.64. The highest BCUT2D eigenvalue weighted by atomic mass is 35.5. The van der Waals surface area contributed by atoms with Gasteiger partial charge in [-0.1, -0.05) is 23.7 Å². The number of ether oxygens (including phenoxy) is 1. The minimum absolute atomic E-state index is 0.240. The van der Waals surface area contributed by atoms with E-state index in [1.807, 2.05) is 25.2 Å². The number of para-hydroxylation sites is 1. The third-order valence-electron chi connectivity index (χ3n) is 4.24. The molecular weight excluding hydrogens is 406 g/mol. The molecule has 1 aliphatic heterocycles. The van der Waals surface area contributed by atoms with E-state index in [-0.39, 0.29) is 4.90 Å². The van der Waals surface area contributed by atoms with E-state index in [2.05, 4.69) is 9.88 Å². The van der Waals surface area contributed by atoms with Gasteiger partial charge in [0.2, 0.25) is 10.0 Å². The second kappa shape index (κ2) is 9.25. The average Bonchev–Trinajstić information content (AvgIpc) is 2.67. The van der Waals surface area contributed by atoms with Crippen molar-refractivity contribution in [3.63, 3.8) is 0 Å². The number of rotatable bonds is 7. The largest absolute Gasteiger partial charge is 0.491 e. The van der Waals surface area contributed by atoms with Gasteiger partial charge < -0.3 is 9.64 Å². The number of sulfonamides is 1. The number of hydrogen-bond donors (Lipinski definition) is 0. The Labute approximate surface area is 169 Å². The molecule has 1 aromatic carbocycles. The van der Waals surface area contributed by atoms with Crippen LogP contribution in [0.1, 0.15) is 0 Å². The van der Waals surface area contributed by atoms with Crippen molar-refractivity contribution in [1.29, 1.82) is 0 Å². The van der Waals surface area contributed by atoms with Gasteiger partial charge in [-0.25, -0.2) is 13.4 Å². The fourth-order valence-corrected chi connectivity index (χ4v) is 4.87. The van der Waals surface area contributed by atoms with Gasteiger partial charge in [0, 0.05) is 38.1 Å². The summed E-state index contributed by atoms with van der Waals surface area (Å²) in [6.45, 7) is 2.99. The van der Waals surface area contributed by atoms with Crippen molar-refractivity contribution < 1.29 is 13.2 Å². The molecule has 3 rings (SSSR count). The van der Waals surface area contributed by atoms with Gasteiger partial charge in [0.1, 0.15) is 10.6 Å². The van der Waals surface area contributed by atoms with Crippen LogP contribution in [0.5, 0.6) is 5.75 Å². The third-order valence-corrected chi connectivity index (χ3v) is 7.34. The van der Waals surface area contributed by atoms with Crippen LogP contribution in [0.25, 0.3) is 0 Å². The maximum Gasteiger partial charge on any atom is 0.244 e. The standard InChI is InChI=1S/C18H22ClN3O3S2/c1-21-8-10-22(11-9-21)27(23,24)15-6-7-18(20-14-15)26-13-12-25-17-5-3-2-4-16(17)19/h2-7,14H,8-13H2,1H3. The zero-order chi connectivity index (χ0) is 19.3. The van der Waals surface area contributed by atoms with Crippen molar-refractivity contribution in [1.82, 2.24) is 14.2 Å². The number of halogens is 1. The summed E-state index contributed by atoms with van der Waals surface area (Å²) in [6.07, 6.45) is 1.44. The van der Waals surface area contributed by atoms with Crippen LogP contribution in [-0.4, -0.2) is 68.2 Å². The summed E-state index contributed by atoms with van der Waals surface area (Å²) in [5, 5.41) is 1.34. The average molecular weight is 428 g/mol. The lowest BCUT2D eigenvalue weighted by Crippen LogP contribution is -2.47. The van der Waals surface area contributed by atoms with E-state index in [4.69, 9.17) is 16.3 Å². The summed E-state index contributed by atoms with van der Waals surface area (Å²) in [5.41, 5.74) is 0. The second-order valence-corrected chi connectivity index (χ2v) is 9.63. The molecule has 0 N–H and O–H groups in total. The Morgan fingerprint density at radius 2 is 1.89 bits per heavy atom. The molecule has 1 fully saturated rings. The van der Waals surface area contributed by atoms with Gasteiger partial charge in [-0.05, 0) is 31.3 Å². The Morgan fingerprint density at radius 1 is 1.15 bits per heavy atom. The lowest BCUT2D eigenvalue weighted by Gasteiger charge is -2.31. The topological polar surface area (TPSA) is 62.7 Å². The van der Waals surface area contributed by atoms with Gasteiger partial charge in [0.25, 0.3) is 0 Å². The number of pyridine rings is 1. The number of benzene rings is 1. The number of piperazine rings is 1. The molecule has 2 heterocycles. The summed E-state index contributed by atoms with van der Waals surface area (Å²) in [7, 11) is -1.48. The van der Waals surface area contributed by atoms with Crippen molar-refractivity contribution in [3.05, 3.63) is 47.6 Å². The van der Waals surface area contributed by atoms with Crippen molar-refractivity contribution in [2.75, 3.05) is 45.6 Å². The molecule has 0 bridgehead atoms. The van der Waals surface area contributed by atoms with Crippen LogP contribution in [0.4, 0.5) is 0 Å². The summed E-state index contributed by atoms with van der Waals surface area (Å²) in [6, 6.07) is 10.7. The molecule has 0 unspecified atom stereocenters. The molecule has 146 valence electrons. The van der Waals surface area contributed by atoms with Crippen LogP contribution >= 0.6 is 23.4 Å². The van der Waals surface area contributed by atoms with Gasteiger partial charge in [-0.15, -0.1) is 11.8 Å². The zero-order valence-corrected chi connectivity index (χ0v) is 17.4. The van der Waals surface area contributed by atoms with Crippen LogP contribution in [-0.2, 0) is 10.0 Å². The number of aromatic nitrogens is 1. The van der Waals surface area contributed by atoms with Crippen LogP contribution in [0.3, 0.4) is 0 Å². The molecular formula is C18H22ClN3O3S2. The van der Waals surface area contributed by atoms with Crippen LogP contribution in [0.15, 0.2) is 52.5 Å². The molecule has 1 saturated heterocycles. The van der Waals surface area contributed by atoms with Gasteiger partial charge >= 0.3 is 0 Å². The predicted molar refractivity (Wildman–Crippen MR) is 108 cm³/mol. The van der Waals surface area contributed by atoms with E-state index >= 15 is 0 Å². The van der Waals surface area contributed by atoms with E-state index in [0.717, 1.165) is 18.1 Å². The van der Waals surface area contributed by atoms with Crippen LogP contribution < -0.4 is 4.74 Å². The van der Waals surface area contributed by atoms with Crippen LogP contribution in [0.2, 0.25) is 5.02 Å². The van der Waals surface area contributed by atoms with Crippen LogP contribution in [0, 0.1) is 0 Å². The number of nitrogens with zero attached hydrogens (tertiary/aromatic N) is 3. The quantitative estimate of drug-likeness (QED) is 0.500. The maximum atomic E-state index is 12.7. The molecule has 0 amide bonds. The highest BCUT2D eigenvalue weighted by Crippen LogP contribution is 2.24. The van der Waals surface area contributed by atoms with Gasteiger partial charge in [-0.2, -0.15) is 4.31 Å². The minimum Gasteiger partial charge on any atom is -0.491 e. The molecule has 1 aromatic heterocycles. The first-order valence-corrected chi connectivity index (χ1v) is 11.4. The van der Waals surface area contributed by atoms with Crippen molar-refractivity contribution >= 4 is 33.4 Å². The highest BCUT2D eigenvalue weighted by molar-refractivity contribution is 7.99. The highest BCUT2D eigenvalue weighted by Gasteiger charge is 2.27. The Hall–Kier alpha value is -1.32. The van der Waals surface area contributed by atoms with E-state index < -0.39 is 10.0 Å². The Kier molecular flexibility index (Phi) is 6.99. The Balaban J connectivity index is 1.52. The molecule has 0 spiro atoms. The number of thioether (sulfide) groups is 1. The van der Waals surface area contributed by atoms with E-state index in [1.54, 1.807) is 18.2 Å². The fraction of sp³-hybridized carbons (Fsp3) is 0.389. The van der Waals surface area contributed by atoms with E-state index in [9.17, 15) is 8.42 Å². The van der Waals surface area contributed by atoms with Gasteiger partial charge in [-0.3, -0.25) is 0 Å². The Morgan fingerprint density at radius 3 is 2.56 bits per heavy atom. The molecule has 0 aliphatic carbocycles. The molecule has 27 heavy (non-hydrogen) atoms. The zero-order valence-electron chi connectivity index (χ0n) is 15.0.